The van der Waals surface area contributed by atoms with Crippen LogP contribution < -0.4 is 10.6 Å². The fourth-order valence-corrected chi connectivity index (χ4v) is 3.56. The number of carbonyl (C=O) groups excluding carboxylic acids is 1. The van der Waals surface area contributed by atoms with E-state index in [2.05, 4.69) is 26.6 Å². The van der Waals surface area contributed by atoms with Crippen LogP contribution in [0.3, 0.4) is 0 Å². The van der Waals surface area contributed by atoms with E-state index in [-0.39, 0.29) is 30.3 Å². The van der Waals surface area contributed by atoms with Crippen molar-refractivity contribution in [2.45, 2.75) is 44.4 Å². The average Bonchev–Trinajstić information content (AvgIpc) is 2.62. The van der Waals surface area contributed by atoms with Crippen LogP contribution in [0, 0.1) is 11.6 Å². The maximum Gasteiger partial charge on any atom is 0.319 e. The highest BCUT2D eigenvalue weighted by molar-refractivity contribution is 9.10. The van der Waals surface area contributed by atoms with Crippen molar-refractivity contribution in [2.75, 3.05) is 5.32 Å². The molecule has 7 heteroatoms. The first kappa shape index (κ1) is 19.8. The first-order valence-electron chi connectivity index (χ1n) is 8.89. The molecule has 4 nitrogen and oxygen atoms in total. The van der Waals surface area contributed by atoms with Crippen molar-refractivity contribution in [1.82, 2.24) is 5.32 Å². The first-order valence-corrected chi connectivity index (χ1v) is 9.68. The van der Waals surface area contributed by atoms with E-state index in [0.29, 0.717) is 5.69 Å². The maximum atomic E-state index is 13.6. The minimum atomic E-state index is -0.588. The Balaban J connectivity index is 1.41. The number of benzene rings is 2. The normalized spacial score (nSPS) is 19.5. The van der Waals surface area contributed by atoms with Gasteiger partial charge in [0.25, 0.3) is 0 Å². The molecule has 0 aromatic heterocycles. The van der Waals surface area contributed by atoms with Gasteiger partial charge in [-0.2, -0.15) is 0 Å². The van der Waals surface area contributed by atoms with E-state index in [0.717, 1.165) is 30.2 Å². The molecule has 0 saturated heterocycles. The van der Waals surface area contributed by atoms with Crippen LogP contribution >= 0.6 is 15.9 Å². The lowest BCUT2D eigenvalue weighted by Crippen LogP contribution is -2.41. The van der Waals surface area contributed by atoms with Gasteiger partial charge in [0.15, 0.2) is 0 Å². The molecule has 2 aromatic rings. The second-order valence-electron chi connectivity index (χ2n) is 6.59. The number of carbonyl (C=O) groups is 1. The van der Waals surface area contributed by atoms with Crippen LogP contribution in [0.2, 0.25) is 0 Å². The highest BCUT2D eigenvalue weighted by Gasteiger charge is 2.23. The number of nitrogens with one attached hydrogen (secondary N) is 2. The van der Waals surface area contributed by atoms with Gasteiger partial charge in [-0.3, -0.25) is 0 Å². The van der Waals surface area contributed by atoms with Crippen LogP contribution in [0.4, 0.5) is 19.3 Å². The van der Waals surface area contributed by atoms with Crippen LogP contribution in [0.1, 0.15) is 31.2 Å². The predicted octanol–water partition coefficient (Wildman–Crippen LogP) is 5.38. The smallest absolute Gasteiger partial charge is 0.319 e. The highest BCUT2D eigenvalue weighted by Crippen LogP contribution is 2.24. The molecule has 144 valence electrons. The van der Waals surface area contributed by atoms with Crippen molar-refractivity contribution in [3.63, 3.8) is 0 Å². The van der Waals surface area contributed by atoms with Gasteiger partial charge in [-0.15, -0.1) is 0 Å². The molecule has 1 aliphatic carbocycles. The summed E-state index contributed by atoms with van der Waals surface area (Å²) in [6, 6.07) is 11.0. The maximum absolute atomic E-state index is 13.6. The first-order chi connectivity index (χ1) is 13.0. The van der Waals surface area contributed by atoms with Gasteiger partial charge >= 0.3 is 6.03 Å². The molecule has 27 heavy (non-hydrogen) atoms. The van der Waals surface area contributed by atoms with Crippen molar-refractivity contribution in [3.05, 3.63) is 64.1 Å². The van der Waals surface area contributed by atoms with E-state index in [1.54, 1.807) is 0 Å². The van der Waals surface area contributed by atoms with E-state index in [9.17, 15) is 13.6 Å². The Morgan fingerprint density at radius 1 is 1.07 bits per heavy atom. The van der Waals surface area contributed by atoms with E-state index in [4.69, 9.17) is 4.74 Å². The monoisotopic (exact) mass is 438 g/mol. The zero-order valence-electron chi connectivity index (χ0n) is 14.7. The van der Waals surface area contributed by atoms with Crippen LogP contribution in [-0.4, -0.2) is 18.2 Å². The van der Waals surface area contributed by atoms with Gasteiger partial charge in [-0.1, -0.05) is 28.1 Å². The molecule has 3 rings (SSSR count). The topological polar surface area (TPSA) is 50.4 Å². The molecule has 1 fully saturated rings. The molecular formula is C20H21BrF2N2O2. The molecule has 2 N–H and O–H groups in total. The van der Waals surface area contributed by atoms with Gasteiger partial charge in [-0.25, -0.2) is 13.6 Å². The molecule has 0 aliphatic heterocycles. The molecule has 0 radical (unpaired) electrons. The molecule has 1 saturated carbocycles. The Bertz CT molecular complexity index is 775. The molecule has 0 heterocycles. The Morgan fingerprint density at radius 3 is 2.41 bits per heavy atom. The van der Waals surface area contributed by atoms with Gasteiger partial charge in [-0.05, 0) is 56.0 Å². The molecule has 0 unspecified atom stereocenters. The number of hydrogen-bond acceptors (Lipinski definition) is 2. The van der Waals surface area contributed by atoms with Crippen LogP contribution in [-0.2, 0) is 11.3 Å². The average molecular weight is 439 g/mol. The van der Waals surface area contributed by atoms with Gasteiger partial charge < -0.3 is 15.4 Å². The molecule has 0 spiro atoms. The van der Waals surface area contributed by atoms with Crippen molar-refractivity contribution < 1.29 is 18.3 Å². The molecule has 1 aliphatic rings. The van der Waals surface area contributed by atoms with Crippen LogP contribution in [0.5, 0.6) is 0 Å². The summed E-state index contributed by atoms with van der Waals surface area (Å²) in [5.74, 6) is -1.18. The minimum absolute atomic E-state index is 0.0360. The second kappa shape index (κ2) is 9.28. The largest absolute Gasteiger partial charge is 0.373 e. The van der Waals surface area contributed by atoms with Crippen molar-refractivity contribution in [3.8, 4) is 0 Å². The summed E-state index contributed by atoms with van der Waals surface area (Å²) in [4.78, 5) is 12.1. The van der Waals surface area contributed by atoms with Crippen molar-refractivity contribution in [2.24, 2.45) is 0 Å². The van der Waals surface area contributed by atoms with Gasteiger partial charge in [0.1, 0.15) is 11.6 Å². The molecular weight excluding hydrogens is 418 g/mol. The number of ether oxygens (including phenoxy) is 1. The molecule has 0 bridgehead atoms. The lowest BCUT2D eigenvalue weighted by Gasteiger charge is -2.29. The Morgan fingerprint density at radius 2 is 1.74 bits per heavy atom. The fourth-order valence-electron chi connectivity index (χ4n) is 3.16. The number of amides is 2. The van der Waals surface area contributed by atoms with Gasteiger partial charge in [0.05, 0.1) is 12.7 Å². The predicted molar refractivity (Wildman–Crippen MR) is 103 cm³/mol. The van der Waals surface area contributed by atoms with Gasteiger partial charge in [0.2, 0.25) is 0 Å². The van der Waals surface area contributed by atoms with E-state index < -0.39 is 11.6 Å². The zero-order chi connectivity index (χ0) is 19.2. The van der Waals surface area contributed by atoms with E-state index in [1.807, 2.05) is 24.3 Å². The lowest BCUT2D eigenvalue weighted by molar-refractivity contribution is 0.00964. The van der Waals surface area contributed by atoms with Crippen molar-refractivity contribution in [1.29, 1.82) is 0 Å². The quantitative estimate of drug-likeness (QED) is 0.658. The third kappa shape index (κ3) is 5.74. The Kier molecular flexibility index (Phi) is 6.79. The minimum Gasteiger partial charge on any atom is -0.373 e. The highest BCUT2D eigenvalue weighted by atomic mass is 79.9. The van der Waals surface area contributed by atoms with Crippen molar-refractivity contribution >= 4 is 27.6 Å². The number of hydrogen-bond donors (Lipinski definition) is 2. The number of urea groups is 1. The summed E-state index contributed by atoms with van der Waals surface area (Å²) in [6.07, 6.45) is 2.93. The summed E-state index contributed by atoms with van der Waals surface area (Å²) in [5, 5.41) is 5.76. The molecule has 0 atom stereocenters. The summed E-state index contributed by atoms with van der Waals surface area (Å²) in [6.45, 7) is -0.0787. The van der Waals surface area contributed by atoms with Crippen LogP contribution in [0.15, 0.2) is 46.9 Å². The van der Waals surface area contributed by atoms with E-state index >= 15 is 0 Å². The van der Waals surface area contributed by atoms with E-state index in [1.165, 1.54) is 18.2 Å². The Hall–Kier alpha value is -1.99. The molecule has 2 amide bonds. The summed E-state index contributed by atoms with van der Waals surface area (Å²) < 4.78 is 33.8. The second-order valence-corrected chi connectivity index (χ2v) is 7.51. The summed E-state index contributed by atoms with van der Waals surface area (Å²) in [7, 11) is 0. The van der Waals surface area contributed by atoms with Gasteiger partial charge in [0, 0.05) is 21.8 Å². The third-order valence-electron chi connectivity index (χ3n) is 4.62. The lowest BCUT2D eigenvalue weighted by atomic mass is 9.93. The summed E-state index contributed by atoms with van der Waals surface area (Å²) in [5.41, 5.74) is 0.678. The Labute approximate surface area is 165 Å². The SMILES string of the molecule is O=C(Nc1cccc(Br)c1)N[C@H]1CC[C@H](OCc2c(F)cccc2F)CC1. The number of rotatable bonds is 5. The van der Waals surface area contributed by atoms with Crippen LogP contribution in [0.25, 0.3) is 0 Å². The number of halogens is 3. The standard InChI is InChI=1S/C20H21BrF2N2O2/c21-13-3-1-4-15(11-13)25-20(26)24-14-7-9-16(10-8-14)27-12-17-18(22)5-2-6-19(17)23/h1-6,11,14,16H,7-10,12H2,(H2,24,25,26)/t14-,16-. The molecule has 2 aromatic carbocycles. The third-order valence-corrected chi connectivity index (χ3v) is 5.11. The summed E-state index contributed by atoms with van der Waals surface area (Å²) >= 11 is 3.37. The number of anilines is 1. The fraction of sp³-hybridized carbons (Fsp3) is 0.350. The zero-order valence-corrected chi connectivity index (χ0v) is 16.3.